The first-order valence-corrected chi connectivity index (χ1v) is 7.07. The smallest absolute Gasteiger partial charge is 0.273 e. The summed E-state index contributed by atoms with van der Waals surface area (Å²) in [6, 6.07) is 9.35. The molecule has 0 aliphatic rings. The maximum atomic E-state index is 12.1. The molecular weight excluding hydrogens is 360 g/mol. The summed E-state index contributed by atoms with van der Waals surface area (Å²) in [5, 5.41) is 13.9. The third-order valence-electron chi connectivity index (χ3n) is 2.85. The van der Waals surface area contributed by atoms with Crippen LogP contribution in [-0.4, -0.2) is 10.8 Å². The predicted molar refractivity (Wildman–Crippen MR) is 84.9 cm³/mol. The third-order valence-corrected chi connectivity index (χ3v) is 3.65. The lowest BCUT2D eigenvalue weighted by Crippen LogP contribution is -2.12. The van der Waals surface area contributed by atoms with Gasteiger partial charge in [-0.2, -0.15) is 0 Å². The Morgan fingerprint density at radius 2 is 2.00 bits per heavy atom. The summed E-state index contributed by atoms with van der Waals surface area (Å²) in [5.74, 6) is -0.456. The van der Waals surface area contributed by atoms with Gasteiger partial charge in [-0.1, -0.05) is 33.6 Å². The van der Waals surface area contributed by atoms with Gasteiger partial charge in [0.25, 0.3) is 11.6 Å². The Morgan fingerprint density at radius 3 is 2.62 bits per heavy atom. The van der Waals surface area contributed by atoms with Gasteiger partial charge >= 0.3 is 0 Å². The Hall–Kier alpha value is -1.92. The fourth-order valence-electron chi connectivity index (χ4n) is 1.73. The first kappa shape index (κ1) is 15.5. The molecule has 5 nitrogen and oxygen atoms in total. The number of anilines is 1. The third kappa shape index (κ3) is 3.59. The van der Waals surface area contributed by atoms with Crippen molar-refractivity contribution in [1.82, 2.24) is 0 Å². The molecule has 108 valence electrons. The van der Waals surface area contributed by atoms with Gasteiger partial charge < -0.3 is 5.32 Å². The molecule has 0 unspecified atom stereocenters. The lowest BCUT2D eigenvalue weighted by Gasteiger charge is -2.08. The molecule has 0 aliphatic carbocycles. The number of nitro groups is 1. The van der Waals surface area contributed by atoms with E-state index in [0.717, 1.165) is 4.47 Å². The number of hydrogen-bond donors (Lipinski definition) is 1. The molecule has 0 saturated carbocycles. The van der Waals surface area contributed by atoms with Crippen LogP contribution in [0.3, 0.4) is 0 Å². The van der Waals surface area contributed by atoms with Crippen molar-refractivity contribution in [3.05, 3.63) is 67.1 Å². The van der Waals surface area contributed by atoms with E-state index in [-0.39, 0.29) is 11.3 Å². The molecule has 0 fully saturated rings. The van der Waals surface area contributed by atoms with Crippen LogP contribution in [0.25, 0.3) is 0 Å². The molecule has 2 aromatic rings. The minimum absolute atomic E-state index is 0.0930. The summed E-state index contributed by atoms with van der Waals surface area (Å²) < 4.78 is 0.788. The number of hydrogen-bond acceptors (Lipinski definition) is 3. The number of nitrogens with one attached hydrogen (secondary N) is 1. The fourth-order valence-corrected chi connectivity index (χ4v) is 2.45. The van der Waals surface area contributed by atoms with E-state index in [1.807, 2.05) is 0 Å². The van der Waals surface area contributed by atoms with E-state index in [4.69, 9.17) is 11.6 Å². The molecule has 1 amide bonds. The highest BCUT2D eigenvalue weighted by molar-refractivity contribution is 9.10. The predicted octanol–water partition coefficient (Wildman–Crippen LogP) is 4.57. The molecule has 0 radical (unpaired) electrons. The van der Waals surface area contributed by atoms with Gasteiger partial charge in [0.15, 0.2) is 0 Å². The van der Waals surface area contributed by atoms with Gasteiger partial charge in [0.1, 0.15) is 0 Å². The van der Waals surface area contributed by atoms with E-state index in [2.05, 4.69) is 21.2 Å². The minimum atomic E-state index is -0.515. The molecular formula is C14H10BrClN2O3. The number of nitrogens with zero attached hydrogens (tertiary/aromatic N) is 1. The zero-order valence-electron chi connectivity index (χ0n) is 10.9. The highest BCUT2D eigenvalue weighted by atomic mass is 79.9. The van der Waals surface area contributed by atoms with Crippen molar-refractivity contribution in [2.45, 2.75) is 6.92 Å². The highest BCUT2D eigenvalue weighted by Gasteiger charge is 2.15. The lowest BCUT2D eigenvalue weighted by molar-refractivity contribution is -0.385. The molecule has 0 bridgehead atoms. The number of halogens is 2. The fraction of sp³-hybridized carbons (Fsp3) is 0.0714. The standard InChI is InChI=1S/C14H10BrClN2O3/c1-8-2-3-9(6-13(8)18(20)21)14(19)17-12-5-4-10(15)7-11(12)16/h2-7H,1H3,(H,17,19). The number of carbonyl (C=O) groups excluding carboxylic acids is 1. The summed E-state index contributed by atoms with van der Waals surface area (Å²) in [5.41, 5.74) is 1.04. The number of benzene rings is 2. The van der Waals surface area contributed by atoms with Gasteiger partial charge in [0, 0.05) is 21.7 Å². The maximum Gasteiger partial charge on any atom is 0.273 e. The second kappa shape index (κ2) is 6.24. The zero-order chi connectivity index (χ0) is 15.6. The summed E-state index contributed by atoms with van der Waals surface area (Å²) in [6.45, 7) is 1.62. The topological polar surface area (TPSA) is 72.2 Å². The van der Waals surface area contributed by atoms with Crippen LogP contribution in [0.2, 0.25) is 5.02 Å². The minimum Gasteiger partial charge on any atom is -0.321 e. The molecule has 0 heterocycles. The van der Waals surface area contributed by atoms with Gasteiger partial charge in [0.05, 0.1) is 15.6 Å². The van der Waals surface area contributed by atoms with Crippen molar-refractivity contribution in [2.75, 3.05) is 5.32 Å². The largest absolute Gasteiger partial charge is 0.321 e. The van der Waals surface area contributed by atoms with Gasteiger partial charge in [-0.3, -0.25) is 14.9 Å². The van der Waals surface area contributed by atoms with E-state index in [0.29, 0.717) is 16.3 Å². The number of aryl methyl sites for hydroxylation is 1. The first-order chi connectivity index (χ1) is 9.88. The average molecular weight is 370 g/mol. The number of amides is 1. The van der Waals surface area contributed by atoms with Crippen LogP contribution in [0.1, 0.15) is 15.9 Å². The Kier molecular flexibility index (Phi) is 4.59. The molecule has 0 atom stereocenters. The van der Waals surface area contributed by atoms with E-state index in [1.54, 1.807) is 25.1 Å². The molecule has 0 saturated heterocycles. The SMILES string of the molecule is Cc1ccc(C(=O)Nc2ccc(Br)cc2Cl)cc1[N+](=O)[O-]. The van der Waals surface area contributed by atoms with Crippen molar-refractivity contribution < 1.29 is 9.72 Å². The van der Waals surface area contributed by atoms with Crippen LogP contribution in [0.15, 0.2) is 40.9 Å². The number of rotatable bonds is 3. The van der Waals surface area contributed by atoms with Gasteiger partial charge in [-0.05, 0) is 31.2 Å². The van der Waals surface area contributed by atoms with Crippen molar-refractivity contribution in [3.63, 3.8) is 0 Å². The Morgan fingerprint density at radius 1 is 1.29 bits per heavy atom. The summed E-state index contributed by atoms with van der Waals surface area (Å²) in [7, 11) is 0. The van der Waals surface area contributed by atoms with Gasteiger partial charge in [0.2, 0.25) is 0 Å². The lowest BCUT2D eigenvalue weighted by atomic mass is 10.1. The molecule has 0 spiro atoms. The highest BCUT2D eigenvalue weighted by Crippen LogP contribution is 2.26. The number of carbonyl (C=O) groups is 1. The molecule has 0 aromatic heterocycles. The van der Waals surface area contributed by atoms with Crippen molar-refractivity contribution >= 4 is 44.8 Å². The van der Waals surface area contributed by atoms with Crippen molar-refractivity contribution in [3.8, 4) is 0 Å². The molecule has 2 aromatic carbocycles. The second-order valence-corrected chi connectivity index (χ2v) is 5.66. The Bertz CT molecular complexity index is 734. The van der Waals surface area contributed by atoms with Gasteiger partial charge in [-0.15, -0.1) is 0 Å². The van der Waals surface area contributed by atoms with Crippen molar-refractivity contribution in [1.29, 1.82) is 0 Å². The molecule has 7 heteroatoms. The van der Waals surface area contributed by atoms with E-state index in [1.165, 1.54) is 18.2 Å². The molecule has 21 heavy (non-hydrogen) atoms. The zero-order valence-corrected chi connectivity index (χ0v) is 13.2. The van der Waals surface area contributed by atoms with E-state index >= 15 is 0 Å². The Labute approximate surface area is 134 Å². The van der Waals surface area contributed by atoms with E-state index < -0.39 is 10.8 Å². The average Bonchev–Trinajstić information content (AvgIpc) is 2.42. The summed E-state index contributed by atoms with van der Waals surface area (Å²) in [4.78, 5) is 22.5. The van der Waals surface area contributed by atoms with Crippen LogP contribution < -0.4 is 5.32 Å². The van der Waals surface area contributed by atoms with Crippen LogP contribution in [0.4, 0.5) is 11.4 Å². The summed E-state index contributed by atoms with van der Waals surface area (Å²) in [6.07, 6.45) is 0. The van der Waals surface area contributed by atoms with Crippen LogP contribution in [0.5, 0.6) is 0 Å². The quantitative estimate of drug-likeness (QED) is 0.636. The second-order valence-electron chi connectivity index (χ2n) is 4.34. The molecule has 1 N–H and O–H groups in total. The molecule has 2 rings (SSSR count). The van der Waals surface area contributed by atoms with Crippen LogP contribution >= 0.6 is 27.5 Å². The van der Waals surface area contributed by atoms with E-state index in [9.17, 15) is 14.9 Å². The maximum absolute atomic E-state index is 12.1. The van der Waals surface area contributed by atoms with Crippen LogP contribution in [0, 0.1) is 17.0 Å². The normalized spacial score (nSPS) is 10.2. The number of nitro benzene ring substituents is 1. The van der Waals surface area contributed by atoms with Crippen LogP contribution in [-0.2, 0) is 0 Å². The Balaban J connectivity index is 2.28. The summed E-state index contributed by atoms with van der Waals surface area (Å²) >= 11 is 9.28. The first-order valence-electron chi connectivity index (χ1n) is 5.90. The molecule has 0 aliphatic heterocycles. The van der Waals surface area contributed by atoms with Gasteiger partial charge in [-0.25, -0.2) is 0 Å². The monoisotopic (exact) mass is 368 g/mol. The van der Waals surface area contributed by atoms with Crippen molar-refractivity contribution in [2.24, 2.45) is 0 Å².